The SMILES string of the molecule is CC[C@H](C(=O)Nc1cc(C)ccc1OC)N(c1cc(C)cc(C)c1)S(C)(=O)=O. The molecule has 0 radical (unpaired) electrons. The first kappa shape index (κ1) is 21.8. The second kappa shape index (κ2) is 8.65. The highest BCUT2D eigenvalue weighted by atomic mass is 32.2. The van der Waals surface area contributed by atoms with Crippen LogP contribution in [0, 0.1) is 20.8 Å². The maximum Gasteiger partial charge on any atom is 0.248 e. The van der Waals surface area contributed by atoms with Gasteiger partial charge in [-0.25, -0.2) is 8.42 Å². The molecule has 2 rings (SSSR count). The van der Waals surface area contributed by atoms with Crippen molar-refractivity contribution < 1.29 is 17.9 Å². The molecule has 0 spiro atoms. The molecule has 2 aromatic carbocycles. The molecule has 1 amide bonds. The van der Waals surface area contributed by atoms with Crippen molar-refractivity contribution in [3.8, 4) is 5.75 Å². The molecule has 1 atom stereocenters. The van der Waals surface area contributed by atoms with Crippen molar-refractivity contribution in [3.63, 3.8) is 0 Å². The Morgan fingerprint density at radius 1 is 1.07 bits per heavy atom. The predicted octanol–water partition coefficient (Wildman–Crippen LogP) is 3.80. The topological polar surface area (TPSA) is 75.7 Å². The summed E-state index contributed by atoms with van der Waals surface area (Å²) in [5.41, 5.74) is 3.81. The van der Waals surface area contributed by atoms with E-state index in [-0.39, 0.29) is 0 Å². The minimum absolute atomic E-state index is 0.319. The summed E-state index contributed by atoms with van der Waals surface area (Å²) < 4.78 is 31.7. The minimum atomic E-state index is -3.68. The van der Waals surface area contributed by atoms with Gasteiger partial charge in [-0.05, 0) is 68.1 Å². The Hall–Kier alpha value is -2.54. The summed E-state index contributed by atoms with van der Waals surface area (Å²) in [6.45, 7) is 7.49. The first-order chi connectivity index (χ1) is 13.1. The number of sulfonamides is 1. The molecule has 0 aliphatic heterocycles. The standard InChI is InChI=1S/C21H28N2O4S/c1-7-19(21(24)22-18-13-14(2)8-9-20(18)27-5)23(28(6,25)26)17-11-15(3)10-16(4)12-17/h8-13,19H,7H2,1-6H3,(H,22,24)/t19-/m1/s1. The van der Waals surface area contributed by atoms with Gasteiger partial charge in [0.2, 0.25) is 15.9 Å². The second-order valence-corrected chi connectivity index (χ2v) is 8.88. The van der Waals surface area contributed by atoms with E-state index < -0.39 is 22.0 Å². The van der Waals surface area contributed by atoms with Crippen LogP contribution in [-0.2, 0) is 14.8 Å². The van der Waals surface area contributed by atoms with E-state index in [0.717, 1.165) is 22.9 Å². The molecule has 6 nitrogen and oxygen atoms in total. The lowest BCUT2D eigenvalue weighted by Crippen LogP contribution is -2.47. The average molecular weight is 405 g/mol. The van der Waals surface area contributed by atoms with Crippen LogP contribution in [0.1, 0.15) is 30.0 Å². The summed E-state index contributed by atoms with van der Waals surface area (Å²) in [7, 11) is -2.16. The molecular formula is C21H28N2O4S. The Bertz CT molecular complexity index is 950. The highest BCUT2D eigenvalue weighted by molar-refractivity contribution is 7.92. The molecule has 0 aromatic heterocycles. The number of carbonyl (C=O) groups excluding carboxylic acids is 1. The second-order valence-electron chi connectivity index (χ2n) is 7.02. The molecule has 28 heavy (non-hydrogen) atoms. The zero-order valence-electron chi connectivity index (χ0n) is 17.2. The quantitative estimate of drug-likeness (QED) is 0.761. The van der Waals surface area contributed by atoms with Crippen LogP contribution >= 0.6 is 0 Å². The third kappa shape index (κ3) is 5.04. The summed E-state index contributed by atoms with van der Waals surface area (Å²) in [6.07, 6.45) is 1.44. The maximum absolute atomic E-state index is 13.1. The first-order valence-electron chi connectivity index (χ1n) is 9.10. The Balaban J connectivity index is 2.47. The van der Waals surface area contributed by atoms with Crippen LogP contribution in [-0.4, -0.2) is 33.7 Å². The van der Waals surface area contributed by atoms with Crippen LogP contribution in [0.5, 0.6) is 5.75 Å². The van der Waals surface area contributed by atoms with Gasteiger partial charge in [0.05, 0.1) is 24.7 Å². The number of methoxy groups -OCH3 is 1. The maximum atomic E-state index is 13.1. The van der Waals surface area contributed by atoms with E-state index in [1.54, 1.807) is 31.2 Å². The van der Waals surface area contributed by atoms with Gasteiger partial charge in [0, 0.05) is 0 Å². The Morgan fingerprint density at radius 2 is 1.68 bits per heavy atom. The molecule has 2 aromatic rings. The van der Waals surface area contributed by atoms with Crippen molar-refractivity contribution in [1.29, 1.82) is 0 Å². The molecule has 0 heterocycles. The third-order valence-electron chi connectivity index (χ3n) is 4.40. The number of hydrogen-bond acceptors (Lipinski definition) is 4. The Labute approximate surface area is 167 Å². The highest BCUT2D eigenvalue weighted by Crippen LogP contribution is 2.28. The lowest BCUT2D eigenvalue weighted by molar-refractivity contribution is -0.117. The van der Waals surface area contributed by atoms with Gasteiger partial charge in [-0.1, -0.05) is 19.1 Å². The lowest BCUT2D eigenvalue weighted by Gasteiger charge is -2.30. The highest BCUT2D eigenvalue weighted by Gasteiger charge is 2.32. The molecular weight excluding hydrogens is 376 g/mol. The zero-order chi connectivity index (χ0) is 21.1. The summed E-state index contributed by atoms with van der Waals surface area (Å²) in [4.78, 5) is 13.1. The number of ether oxygens (including phenoxy) is 1. The predicted molar refractivity (Wildman–Crippen MR) is 114 cm³/mol. The fourth-order valence-corrected chi connectivity index (χ4v) is 4.47. The first-order valence-corrected chi connectivity index (χ1v) is 10.9. The third-order valence-corrected chi connectivity index (χ3v) is 5.58. The molecule has 1 N–H and O–H groups in total. The summed E-state index contributed by atoms with van der Waals surface area (Å²) in [6, 6.07) is 10.1. The monoisotopic (exact) mass is 404 g/mol. The van der Waals surface area contributed by atoms with Crippen LogP contribution in [0.2, 0.25) is 0 Å². The number of anilines is 2. The van der Waals surface area contributed by atoms with Gasteiger partial charge in [0.15, 0.2) is 0 Å². The van der Waals surface area contributed by atoms with Gasteiger partial charge in [-0.15, -0.1) is 0 Å². The molecule has 0 saturated carbocycles. The molecule has 7 heteroatoms. The fraction of sp³-hybridized carbons (Fsp3) is 0.381. The average Bonchev–Trinajstić information content (AvgIpc) is 2.57. The lowest BCUT2D eigenvalue weighted by atomic mass is 10.1. The molecule has 0 fully saturated rings. The molecule has 152 valence electrons. The van der Waals surface area contributed by atoms with Crippen molar-refractivity contribution >= 4 is 27.3 Å². The molecule has 0 saturated heterocycles. The summed E-state index contributed by atoms with van der Waals surface area (Å²) in [5.74, 6) is 0.113. The number of nitrogens with one attached hydrogen (secondary N) is 1. The van der Waals surface area contributed by atoms with Crippen LogP contribution in [0.3, 0.4) is 0 Å². The van der Waals surface area contributed by atoms with E-state index in [4.69, 9.17) is 4.74 Å². The van der Waals surface area contributed by atoms with E-state index in [9.17, 15) is 13.2 Å². The molecule has 0 bridgehead atoms. The Morgan fingerprint density at radius 3 is 2.18 bits per heavy atom. The zero-order valence-corrected chi connectivity index (χ0v) is 18.1. The van der Waals surface area contributed by atoms with Crippen molar-refractivity contribution in [2.45, 2.75) is 40.2 Å². The number of aryl methyl sites for hydroxylation is 3. The van der Waals surface area contributed by atoms with Gasteiger partial charge >= 0.3 is 0 Å². The smallest absolute Gasteiger partial charge is 0.248 e. The normalized spacial score (nSPS) is 12.4. The number of carbonyl (C=O) groups is 1. The fourth-order valence-electron chi connectivity index (χ4n) is 3.27. The largest absolute Gasteiger partial charge is 0.495 e. The van der Waals surface area contributed by atoms with E-state index in [2.05, 4.69) is 5.32 Å². The van der Waals surface area contributed by atoms with Crippen LogP contribution < -0.4 is 14.4 Å². The van der Waals surface area contributed by atoms with Crippen molar-refractivity contribution in [1.82, 2.24) is 0 Å². The number of hydrogen-bond donors (Lipinski definition) is 1. The van der Waals surface area contributed by atoms with Gasteiger partial charge in [-0.3, -0.25) is 9.10 Å². The van der Waals surface area contributed by atoms with E-state index in [1.807, 2.05) is 32.9 Å². The summed E-state index contributed by atoms with van der Waals surface area (Å²) in [5, 5.41) is 2.83. The van der Waals surface area contributed by atoms with Gasteiger partial charge in [0.1, 0.15) is 11.8 Å². The van der Waals surface area contributed by atoms with Gasteiger partial charge in [-0.2, -0.15) is 0 Å². The Kier molecular flexibility index (Phi) is 6.72. The summed E-state index contributed by atoms with van der Waals surface area (Å²) >= 11 is 0. The van der Waals surface area contributed by atoms with Crippen molar-refractivity contribution in [2.24, 2.45) is 0 Å². The number of amides is 1. The van der Waals surface area contributed by atoms with Gasteiger partial charge in [0.25, 0.3) is 0 Å². The van der Waals surface area contributed by atoms with Crippen molar-refractivity contribution in [3.05, 3.63) is 53.1 Å². The molecule has 0 aliphatic carbocycles. The number of benzene rings is 2. The van der Waals surface area contributed by atoms with Crippen LogP contribution in [0.4, 0.5) is 11.4 Å². The number of nitrogens with zero attached hydrogens (tertiary/aromatic N) is 1. The van der Waals surface area contributed by atoms with Crippen molar-refractivity contribution in [2.75, 3.05) is 23.0 Å². The van der Waals surface area contributed by atoms with Crippen LogP contribution in [0.15, 0.2) is 36.4 Å². The van der Waals surface area contributed by atoms with E-state index >= 15 is 0 Å². The van der Waals surface area contributed by atoms with E-state index in [1.165, 1.54) is 11.4 Å². The van der Waals surface area contributed by atoms with E-state index in [0.29, 0.717) is 23.5 Å². The minimum Gasteiger partial charge on any atom is -0.495 e. The van der Waals surface area contributed by atoms with Gasteiger partial charge < -0.3 is 10.1 Å². The molecule has 0 unspecified atom stereocenters. The number of rotatable bonds is 7. The molecule has 0 aliphatic rings. The van der Waals surface area contributed by atoms with Crippen LogP contribution in [0.25, 0.3) is 0 Å².